The van der Waals surface area contributed by atoms with Gasteiger partial charge in [-0.05, 0) is 82.5 Å². The average molecular weight is 593 g/mol. The summed E-state index contributed by atoms with van der Waals surface area (Å²) in [5.74, 6) is 0.492. The van der Waals surface area contributed by atoms with Crippen molar-refractivity contribution < 1.29 is 0 Å². The molecule has 2 heterocycles. The van der Waals surface area contributed by atoms with Crippen molar-refractivity contribution in [1.29, 1.82) is 0 Å². The number of hydrogen-bond acceptors (Lipinski definition) is 1. The van der Waals surface area contributed by atoms with Crippen LogP contribution in [0.25, 0.3) is 50.1 Å². The predicted molar refractivity (Wildman–Crippen MR) is 195 cm³/mol. The molecule has 0 N–H and O–H groups in total. The van der Waals surface area contributed by atoms with Gasteiger partial charge in [0.1, 0.15) is 0 Å². The van der Waals surface area contributed by atoms with Gasteiger partial charge in [0, 0.05) is 32.8 Å². The molecule has 46 heavy (non-hydrogen) atoms. The molecule has 1 aromatic heterocycles. The molecule has 0 amide bonds. The van der Waals surface area contributed by atoms with Gasteiger partial charge in [0.25, 0.3) is 0 Å². The van der Waals surface area contributed by atoms with Crippen LogP contribution in [0, 0.1) is 5.92 Å². The zero-order valence-electron chi connectivity index (χ0n) is 26.5. The maximum absolute atomic E-state index is 2.55. The fourth-order valence-electron chi connectivity index (χ4n) is 8.35. The summed E-state index contributed by atoms with van der Waals surface area (Å²) in [6, 6.07) is 51.1. The third-order valence-corrected chi connectivity index (χ3v) is 10.4. The van der Waals surface area contributed by atoms with Gasteiger partial charge in [-0.3, -0.25) is 0 Å². The number of nitrogens with zero attached hydrogens (tertiary/aromatic N) is 2. The monoisotopic (exact) mass is 592 g/mol. The summed E-state index contributed by atoms with van der Waals surface area (Å²) in [5, 5.41) is 6.56. The average Bonchev–Trinajstić information content (AvgIpc) is 3.42. The van der Waals surface area contributed by atoms with Crippen molar-refractivity contribution in [2.45, 2.75) is 32.6 Å². The molecular formula is C44H36N2. The highest BCUT2D eigenvalue weighted by Crippen LogP contribution is 2.45. The number of benzene rings is 6. The van der Waals surface area contributed by atoms with Crippen LogP contribution in [0.15, 0.2) is 140 Å². The standard InChI is InChI=1S/C44H36N2/c1-29-23-25-36-37-28-34(24-26-40(37)46-41-21-10-9-20-38(41)44(2,3)42(29)43(36)46)45(39-22-12-16-31-15-7-8-19-35(31)39)33-18-11-17-32(27-33)30-13-5-4-6-14-30/h4-22,24-29H,23H2,1-3H3. The fourth-order valence-corrected chi connectivity index (χ4v) is 8.35. The molecule has 9 rings (SSSR count). The number of rotatable bonds is 4. The molecule has 7 aromatic rings. The molecule has 1 aliphatic carbocycles. The second kappa shape index (κ2) is 10.1. The van der Waals surface area contributed by atoms with E-state index in [1.165, 1.54) is 60.3 Å². The number of fused-ring (bicyclic) bond motifs is 6. The van der Waals surface area contributed by atoms with E-state index in [-0.39, 0.29) is 5.41 Å². The summed E-state index contributed by atoms with van der Waals surface area (Å²) in [6.45, 7) is 7.24. The van der Waals surface area contributed by atoms with E-state index in [1.54, 1.807) is 5.57 Å². The van der Waals surface area contributed by atoms with E-state index >= 15 is 0 Å². The molecule has 1 aliphatic heterocycles. The van der Waals surface area contributed by atoms with E-state index in [0.29, 0.717) is 5.92 Å². The van der Waals surface area contributed by atoms with Crippen molar-refractivity contribution in [2.24, 2.45) is 5.92 Å². The Hall–Kier alpha value is -5.34. The lowest BCUT2D eigenvalue weighted by Gasteiger charge is -2.39. The van der Waals surface area contributed by atoms with Gasteiger partial charge in [0.2, 0.25) is 0 Å². The van der Waals surface area contributed by atoms with E-state index in [1.807, 2.05) is 0 Å². The summed E-state index contributed by atoms with van der Waals surface area (Å²) >= 11 is 0. The van der Waals surface area contributed by atoms with E-state index in [2.05, 4.69) is 176 Å². The van der Waals surface area contributed by atoms with Crippen molar-refractivity contribution >= 4 is 50.4 Å². The van der Waals surface area contributed by atoms with E-state index < -0.39 is 0 Å². The molecule has 6 aromatic carbocycles. The Balaban J connectivity index is 1.34. The lowest BCUT2D eigenvalue weighted by atomic mass is 9.69. The third-order valence-electron chi connectivity index (χ3n) is 10.4. The Morgan fingerprint density at radius 1 is 0.652 bits per heavy atom. The largest absolute Gasteiger partial charge is 0.310 e. The molecule has 0 saturated heterocycles. The van der Waals surface area contributed by atoms with Crippen LogP contribution >= 0.6 is 0 Å². The molecule has 222 valence electrons. The summed E-state index contributed by atoms with van der Waals surface area (Å²) in [7, 11) is 0. The number of hydrogen-bond donors (Lipinski definition) is 0. The smallest absolute Gasteiger partial charge is 0.0542 e. The normalized spacial score (nSPS) is 16.2. The lowest BCUT2D eigenvalue weighted by Crippen LogP contribution is -2.45. The van der Waals surface area contributed by atoms with Crippen LogP contribution in [0.1, 0.15) is 32.8 Å². The van der Waals surface area contributed by atoms with Crippen LogP contribution in [0.3, 0.4) is 0 Å². The molecule has 0 saturated carbocycles. The Morgan fingerprint density at radius 2 is 1.37 bits per heavy atom. The van der Waals surface area contributed by atoms with Gasteiger partial charge in [-0.1, -0.05) is 124 Å². The third kappa shape index (κ3) is 3.89. The second-order valence-corrected chi connectivity index (χ2v) is 13.4. The highest BCUT2D eigenvalue weighted by molar-refractivity contribution is 6.01. The predicted octanol–water partition coefficient (Wildman–Crippen LogP) is 10.2. The zero-order valence-corrected chi connectivity index (χ0v) is 26.5. The van der Waals surface area contributed by atoms with Gasteiger partial charge in [-0.15, -0.1) is 0 Å². The molecule has 0 radical (unpaired) electrons. The fraction of sp³-hybridized carbons (Fsp3) is 0.136. The van der Waals surface area contributed by atoms with Crippen molar-refractivity contribution in [1.82, 2.24) is 4.57 Å². The maximum Gasteiger partial charge on any atom is 0.0542 e. The molecule has 0 bridgehead atoms. The van der Waals surface area contributed by atoms with Crippen molar-refractivity contribution in [3.05, 3.63) is 156 Å². The van der Waals surface area contributed by atoms with Crippen LogP contribution in [0.5, 0.6) is 0 Å². The minimum Gasteiger partial charge on any atom is -0.310 e. The molecule has 2 heteroatoms. The van der Waals surface area contributed by atoms with Crippen LogP contribution in [0.4, 0.5) is 17.1 Å². The summed E-state index contributed by atoms with van der Waals surface area (Å²) in [5.41, 5.74) is 11.4. The Kier molecular flexibility index (Phi) is 5.92. The van der Waals surface area contributed by atoms with Gasteiger partial charge in [0.15, 0.2) is 0 Å². The molecular weight excluding hydrogens is 556 g/mol. The maximum atomic E-state index is 2.55. The van der Waals surface area contributed by atoms with Gasteiger partial charge >= 0.3 is 0 Å². The van der Waals surface area contributed by atoms with Crippen LogP contribution < -0.4 is 15.5 Å². The van der Waals surface area contributed by atoms with Gasteiger partial charge in [0.05, 0.1) is 22.2 Å². The first-order chi connectivity index (χ1) is 22.5. The zero-order chi connectivity index (χ0) is 31.0. The summed E-state index contributed by atoms with van der Waals surface area (Å²) in [6.07, 6.45) is 3.55. The molecule has 2 aliphatic rings. The highest BCUT2D eigenvalue weighted by Gasteiger charge is 2.38. The first-order valence-electron chi connectivity index (χ1n) is 16.4. The Morgan fingerprint density at radius 3 is 2.26 bits per heavy atom. The Labute approximate surface area is 270 Å². The van der Waals surface area contributed by atoms with Gasteiger partial charge in [-0.2, -0.15) is 0 Å². The molecule has 0 fully saturated rings. The molecule has 2 nitrogen and oxygen atoms in total. The van der Waals surface area contributed by atoms with Crippen LogP contribution in [-0.2, 0) is 5.41 Å². The van der Waals surface area contributed by atoms with E-state index in [9.17, 15) is 0 Å². The minimum absolute atomic E-state index is 0.0287. The number of para-hydroxylation sites is 1. The van der Waals surface area contributed by atoms with Crippen molar-refractivity contribution in [3.63, 3.8) is 0 Å². The van der Waals surface area contributed by atoms with Gasteiger partial charge < -0.3 is 9.47 Å². The first kappa shape index (κ1) is 27.0. The minimum atomic E-state index is -0.0287. The van der Waals surface area contributed by atoms with Crippen LogP contribution in [-0.4, -0.2) is 4.57 Å². The number of aromatic nitrogens is 1. The SMILES string of the molecule is CC1CC=c2c3n(c4ccc(N(c5cccc(-c6ccccc6)c5)c5cccc6ccccc56)cc24)-c2ccccc2C(C)(C)C=31. The van der Waals surface area contributed by atoms with Crippen LogP contribution in [0.2, 0.25) is 0 Å². The Bertz CT molecular complexity index is 2440. The van der Waals surface area contributed by atoms with E-state index in [0.717, 1.165) is 17.8 Å². The van der Waals surface area contributed by atoms with E-state index in [4.69, 9.17) is 0 Å². The topological polar surface area (TPSA) is 8.17 Å². The first-order valence-corrected chi connectivity index (χ1v) is 16.4. The van der Waals surface area contributed by atoms with Crippen molar-refractivity contribution in [3.8, 4) is 16.8 Å². The second-order valence-electron chi connectivity index (χ2n) is 13.4. The summed E-state index contributed by atoms with van der Waals surface area (Å²) < 4.78 is 2.55. The number of anilines is 3. The lowest BCUT2D eigenvalue weighted by molar-refractivity contribution is 0.578. The highest BCUT2D eigenvalue weighted by atomic mass is 15.1. The molecule has 1 atom stereocenters. The van der Waals surface area contributed by atoms with Gasteiger partial charge in [-0.25, -0.2) is 0 Å². The molecule has 1 unspecified atom stereocenters. The van der Waals surface area contributed by atoms with Crippen molar-refractivity contribution in [2.75, 3.05) is 4.90 Å². The molecule has 0 spiro atoms. The summed E-state index contributed by atoms with van der Waals surface area (Å²) in [4.78, 5) is 2.45. The quantitative estimate of drug-likeness (QED) is 0.197.